The molecule has 0 aromatic heterocycles. The number of amides is 3. The summed E-state index contributed by atoms with van der Waals surface area (Å²) in [5.41, 5.74) is 2.10. The van der Waals surface area contributed by atoms with Crippen molar-refractivity contribution in [3.05, 3.63) is 70.8 Å². The first-order chi connectivity index (χ1) is 13.5. The van der Waals surface area contributed by atoms with Crippen LogP contribution in [-0.4, -0.2) is 48.3 Å². The lowest BCUT2D eigenvalue weighted by Gasteiger charge is -2.13. The van der Waals surface area contributed by atoms with E-state index in [2.05, 4.69) is 10.6 Å². The van der Waals surface area contributed by atoms with Crippen LogP contribution in [0, 0.1) is 0 Å². The van der Waals surface area contributed by atoms with E-state index in [-0.39, 0.29) is 23.8 Å². The standard InChI is InChI=1S/C22H25N3O3/c1-3-23-15(2)14-24-20(26)17-9-10-18-19(13-17)22(28)25(21(18)27)12-11-16-7-5-4-6-8-16/h4-10,13,15,23H,3,11-12,14H2,1-2H3,(H,24,26)/t15-/m1/s1. The van der Waals surface area contributed by atoms with Gasteiger partial charge in [0, 0.05) is 24.7 Å². The number of fused-ring (bicyclic) bond motifs is 1. The Morgan fingerprint density at radius 1 is 1.04 bits per heavy atom. The number of rotatable bonds is 8. The number of hydrogen-bond donors (Lipinski definition) is 2. The highest BCUT2D eigenvalue weighted by Gasteiger charge is 2.35. The van der Waals surface area contributed by atoms with E-state index in [0.717, 1.165) is 12.1 Å². The van der Waals surface area contributed by atoms with E-state index in [1.807, 2.05) is 44.2 Å². The van der Waals surface area contributed by atoms with Gasteiger partial charge >= 0.3 is 0 Å². The summed E-state index contributed by atoms with van der Waals surface area (Å²) >= 11 is 0. The zero-order valence-corrected chi connectivity index (χ0v) is 16.2. The first-order valence-electron chi connectivity index (χ1n) is 9.57. The van der Waals surface area contributed by atoms with Gasteiger partial charge in [-0.1, -0.05) is 37.3 Å². The molecule has 0 bridgehead atoms. The Morgan fingerprint density at radius 3 is 2.46 bits per heavy atom. The molecule has 6 heteroatoms. The molecule has 3 amide bonds. The normalized spacial score (nSPS) is 14.1. The van der Waals surface area contributed by atoms with Gasteiger partial charge in [-0.25, -0.2) is 0 Å². The van der Waals surface area contributed by atoms with Crippen molar-refractivity contribution in [1.82, 2.24) is 15.5 Å². The van der Waals surface area contributed by atoms with Gasteiger partial charge in [0.15, 0.2) is 0 Å². The number of nitrogens with zero attached hydrogens (tertiary/aromatic N) is 1. The molecular formula is C22H25N3O3. The summed E-state index contributed by atoms with van der Waals surface area (Å²) in [6.07, 6.45) is 0.599. The molecule has 2 aromatic rings. The van der Waals surface area contributed by atoms with Crippen LogP contribution in [0.5, 0.6) is 0 Å². The van der Waals surface area contributed by atoms with Gasteiger partial charge in [0.25, 0.3) is 17.7 Å². The van der Waals surface area contributed by atoms with Gasteiger partial charge in [-0.3, -0.25) is 19.3 Å². The van der Waals surface area contributed by atoms with Crippen molar-refractivity contribution < 1.29 is 14.4 Å². The molecular weight excluding hydrogens is 354 g/mol. The Morgan fingerprint density at radius 2 is 1.75 bits per heavy atom. The molecule has 0 saturated carbocycles. The first kappa shape index (κ1) is 19.8. The van der Waals surface area contributed by atoms with Crippen LogP contribution in [0.3, 0.4) is 0 Å². The second-order valence-corrected chi connectivity index (χ2v) is 6.93. The summed E-state index contributed by atoms with van der Waals surface area (Å²) < 4.78 is 0. The molecule has 6 nitrogen and oxygen atoms in total. The fourth-order valence-electron chi connectivity index (χ4n) is 3.29. The Bertz CT molecular complexity index is 880. The van der Waals surface area contributed by atoms with Crippen molar-refractivity contribution in [2.45, 2.75) is 26.3 Å². The summed E-state index contributed by atoms with van der Waals surface area (Å²) in [5.74, 6) is -0.897. The molecule has 0 unspecified atom stereocenters. The Balaban J connectivity index is 1.68. The van der Waals surface area contributed by atoms with Crippen LogP contribution in [-0.2, 0) is 6.42 Å². The van der Waals surface area contributed by atoms with Gasteiger partial charge < -0.3 is 10.6 Å². The largest absolute Gasteiger partial charge is 0.350 e. The minimum Gasteiger partial charge on any atom is -0.350 e. The summed E-state index contributed by atoms with van der Waals surface area (Å²) in [6, 6.07) is 14.6. The second kappa shape index (κ2) is 8.80. The smallest absolute Gasteiger partial charge is 0.261 e. The van der Waals surface area contributed by atoms with E-state index in [4.69, 9.17) is 0 Å². The zero-order valence-electron chi connectivity index (χ0n) is 16.2. The van der Waals surface area contributed by atoms with Crippen molar-refractivity contribution in [1.29, 1.82) is 0 Å². The van der Waals surface area contributed by atoms with Gasteiger partial charge in [0.05, 0.1) is 11.1 Å². The van der Waals surface area contributed by atoms with Crippen LogP contribution in [0.1, 0.15) is 50.5 Å². The van der Waals surface area contributed by atoms with Gasteiger partial charge in [-0.15, -0.1) is 0 Å². The monoisotopic (exact) mass is 379 g/mol. The summed E-state index contributed by atoms with van der Waals surface area (Å²) in [6.45, 7) is 5.62. The van der Waals surface area contributed by atoms with E-state index in [1.54, 1.807) is 12.1 Å². The van der Waals surface area contributed by atoms with Crippen LogP contribution < -0.4 is 10.6 Å². The van der Waals surface area contributed by atoms with Gasteiger partial charge in [-0.05, 0) is 43.7 Å². The van der Waals surface area contributed by atoms with Crippen LogP contribution in [0.2, 0.25) is 0 Å². The van der Waals surface area contributed by atoms with Gasteiger partial charge in [0.2, 0.25) is 0 Å². The highest BCUT2D eigenvalue weighted by molar-refractivity contribution is 6.22. The van der Waals surface area contributed by atoms with Crippen molar-refractivity contribution in [2.75, 3.05) is 19.6 Å². The maximum Gasteiger partial charge on any atom is 0.261 e. The highest BCUT2D eigenvalue weighted by Crippen LogP contribution is 2.24. The van der Waals surface area contributed by atoms with Crippen molar-refractivity contribution >= 4 is 17.7 Å². The van der Waals surface area contributed by atoms with E-state index < -0.39 is 0 Å². The molecule has 3 rings (SSSR count). The number of likely N-dealkylation sites (N-methyl/N-ethyl adjacent to an activating group) is 1. The van der Waals surface area contributed by atoms with E-state index in [1.165, 1.54) is 11.0 Å². The average Bonchev–Trinajstić information content (AvgIpc) is 2.95. The molecule has 0 radical (unpaired) electrons. The molecule has 1 aliphatic heterocycles. The number of carbonyl (C=O) groups is 3. The molecule has 1 atom stereocenters. The molecule has 1 heterocycles. The van der Waals surface area contributed by atoms with Crippen LogP contribution in [0.15, 0.2) is 48.5 Å². The fourth-order valence-corrected chi connectivity index (χ4v) is 3.29. The molecule has 0 fully saturated rings. The maximum absolute atomic E-state index is 12.7. The molecule has 0 saturated heterocycles. The quantitative estimate of drug-likeness (QED) is 0.690. The number of nitrogens with one attached hydrogen (secondary N) is 2. The SMILES string of the molecule is CCN[C@H](C)CNC(=O)c1ccc2c(c1)C(=O)N(CCc1ccccc1)C2=O. The molecule has 146 valence electrons. The van der Waals surface area contributed by atoms with Crippen molar-refractivity contribution in [3.63, 3.8) is 0 Å². The Hall–Kier alpha value is -2.99. The van der Waals surface area contributed by atoms with Crippen LogP contribution in [0.4, 0.5) is 0 Å². The third-order valence-electron chi connectivity index (χ3n) is 4.82. The third-order valence-corrected chi connectivity index (χ3v) is 4.82. The summed E-state index contributed by atoms with van der Waals surface area (Å²) in [7, 11) is 0. The summed E-state index contributed by atoms with van der Waals surface area (Å²) in [4.78, 5) is 39.0. The average molecular weight is 379 g/mol. The lowest BCUT2D eigenvalue weighted by Crippen LogP contribution is -2.38. The van der Waals surface area contributed by atoms with Crippen LogP contribution >= 0.6 is 0 Å². The van der Waals surface area contributed by atoms with Crippen molar-refractivity contribution in [3.8, 4) is 0 Å². The zero-order chi connectivity index (χ0) is 20.1. The van der Waals surface area contributed by atoms with E-state index in [0.29, 0.717) is 36.2 Å². The predicted molar refractivity (Wildman–Crippen MR) is 107 cm³/mol. The minimum absolute atomic E-state index is 0.153. The van der Waals surface area contributed by atoms with E-state index >= 15 is 0 Å². The molecule has 1 aliphatic rings. The van der Waals surface area contributed by atoms with Crippen LogP contribution in [0.25, 0.3) is 0 Å². The lowest BCUT2D eigenvalue weighted by atomic mass is 10.1. The topological polar surface area (TPSA) is 78.5 Å². The second-order valence-electron chi connectivity index (χ2n) is 6.93. The lowest BCUT2D eigenvalue weighted by molar-refractivity contribution is 0.0656. The summed E-state index contributed by atoms with van der Waals surface area (Å²) in [5, 5.41) is 6.07. The van der Waals surface area contributed by atoms with Crippen molar-refractivity contribution in [2.24, 2.45) is 0 Å². The molecule has 0 spiro atoms. The minimum atomic E-state index is -0.341. The predicted octanol–water partition coefficient (Wildman–Crippen LogP) is 2.25. The number of carbonyl (C=O) groups excluding carboxylic acids is 3. The first-order valence-corrected chi connectivity index (χ1v) is 9.57. The number of imide groups is 1. The Kier molecular flexibility index (Phi) is 6.21. The molecule has 2 aromatic carbocycles. The van der Waals surface area contributed by atoms with Gasteiger partial charge in [0.1, 0.15) is 0 Å². The van der Waals surface area contributed by atoms with Gasteiger partial charge in [-0.2, -0.15) is 0 Å². The molecule has 2 N–H and O–H groups in total. The highest BCUT2D eigenvalue weighted by atomic mass is 16.2. The third kappa shape index (κ3) is 4.28. The number of benzene rings is 2. The Labute approximate surface area is 164 Å². The van der Waals surface area contributed by atoms with E-state index in [9.17, 15) is 14.4 Å². The molecule has 0 aliphatic carbocycles. The number of hydrogen-bond acceptors (Lipinski definition) is 4. The molecule has 28 heavy (non-hydrogen) atoms. The fraction of sp³-hybridized carbons (Fsp3) is 0.318. The maximum atomic E-state index is 12.7.